The Kier molecular flexibility index (Phi) is 8.41. The SMILES string of the molecule is Cc1ccc(N(c2ccc(F)cc2Oc2ccc(N(c3ccc(C)cc3)S(=O)[O-])c(C(=O)O)c2)S(=O)[O-])cc1. The fourth-order valence-electron chi connectivity index (χ4n) is 3.76. The van der Waals surface area contributed by atoms with Crippen molar-refractivity contribution in [1.29, 1.82) is 0 Å². The molecule has 2 unspecified atom stereocenters. The molecule has 2 atom stereocenters. The van der Waals surface area contributed by atoms with E-state index in [0.717, 1.165) is 37.9 Å². The summed E-state index contributed by atoms with van der Waals surface area (Å²) >= 11 is -5.70. The van der Waals surface area contributed by atoms with Crippen LogP contribution in [0.3, 0.4) is 0 Å². The molecular weight excluding hydrogens is 547 g/mol. The molecule has 4 aromatic rings. The molecule has 0 heterocycles. The van der Waals surface area contributed by atoms with Gasteiger partial charge < -0.3 is 18.9 Å². The molecule has 4 aromatic carbocycles. The van der Waals surface area contributed by atoms with Crippen LogP contribution in [0.5, 0.6) is 11.5 Å². The summed E-state index contributed by atoms with van der Waals surface area (Å²) in [6.07, 6.45) is 0. The van der Waals surface area contributed by atoms with Crippen molar-refractivity contribution in [3.63, 3.8) is 0 Å². The van der Waals surface area contributed by atoms with E-state index in [2.05, 4.69) is 0 Å². The highest BCUT2D eigenvalue weighted by molar-refractivity contribution is 7.81. The van der Waals surface area contributed by atoms with E-state index in [4.69, 9.17) is 4.74 Å². The number of halogens is 1. The zero-order chi connectivity index (χ0) is 28.3. The van der Waals surface area contributed by atoms with Crippen molar-refractivity contribution in [2.75, 3.05) is 8.61 Å². The van der Waals surface area contributed by atoms with Crippen molar-refractivity contribution >= 4 is 51.3 Å². The Morgan fingerprint density at radius 3 is 1.74 bits per heavy atom. The predicted molar refractivity (Wildman–Crippen MR) is 144 cm³/mol. The number of carbonyl (C=O) groups is 1. The van der Waals surface area contributed by atoms with Gasteiger partial charge in [0.2, 0.25) is 0 Å². The summed E-state index contributed by atoms with van der Waals surface area (Å²) in [7, 11) is 0. The molecule has 4 rings (SSSR count). The summed E-state index contributed by atoms with van der Waals surface area (Å²) in [5.41, 5.74) is 1.64. The minimum Gasteiger partial charge on any atom is -0.755 e. The molecule has 0 aromatic heterocycles. The van der Waals surface area contributed by atoms with Crippen molar-refractivity contribution in [2.24, 2.45) is 0 Å². The van der Waals surface area contributed by atoms with Crippen LogP contribution in [0.1, 0.15) is 21.5 Å². The monoisotopic (exact) mass is 568 g/mol. The van der Waals surface area contributed by atoms with Gasteiger partial charge in [0.15, 0.2) is 5.75 Å². The second-order valence-electron chi connectivity index (χ2n) is 8.39. The highest BCUT2D eigenvalue weighted by Gasteiger charge is 2.22. The number of rotatable bonds is 9. The van der Waals surface area contributed by atoms with Gasteiger partial charge in [0.05, 0.1) is 50.8 Å². The van der Waals surface area contributed by atoms with Gasteiger partial charge in [-0.3, -0.25) is 17.0 Å². The molecule has 0 spiro atoms. The molecule has 0 bridgehead atoms. The van der Waals surface area contributed by atoms with Crippen LogP contribution in [0, 0.1) is 19.7 Å². The summed E-state index contributed by atoms with van der Waals surface area (Å²) in [4.78, 5) is 12.1. The van der Waals surface area contributed by atoms with Gasteiger partial charge in [-0.25, -0.2) is 9.18 Å². The Morgan fingerprint density at radius 1 is 0.769 bits per heavy atom. The lowest BCUT2D eigenvalue weighted by Crippen LogP contribution is -2.22. The number of hydrogen-bond donors (Lipinski definition) is 1. The third-order valence-electron chi connectivity index (χ3n) is 5.62. The summed E-state index contributed by atoms with van der Waals surface area (Å²) in [6, 6.07) is 19.8. The lowest BCUT2D eigenvalue weighted by atomic mass is 10.1. The molecule has 0 radical (unpaired) electrons. The van der Waals surface area contributed by atoms with E-state index in [1.807, 2.05) is 13.8 Å². The van der Waals surface area contributed by atoms with Gasteiger partial charge in [0, 0.05) is 6.07 Å². The molecule has 0 aliphatic carbocycles. The Hall–Kier alpha value is -4.10. The quantitative estimate of drug-likeness (QED) is 0.252. The van der Waals surface area contributed by atoms with Gasteiger partial charge in [-0.05, 0) is 68.4 Å². The maximum atomic E-state index is 14.2. The summed E-state index contributed by atoms with van der Waals surface area (Å²) in [6.45, 7) is 3.65. The fourth-order valence-corrected chi connectivity index (χ4v) is 4.98. The van der Waals surface area contributed by atoms with Gasteiger partial charge >= 0.3 is 5.97 Å². The van der Waals surface area contributed by atoms with Crippen molar-refractivity contribution in [2.45, 2.75) is 13.8 Å². The smallest absolute Gasteiger partial charge is 0.337 e. The molecule has 0 saturated heterocycles. The van der Waals surface area contributed by atoms with Crippen molar-refractivity contribution in [3.8, 4) is 11.5 Å². The normalized spacial score (nSPS) is 12.4. The Labute approximate surface area is 228 Å². The Bertz CT molecular complexity index is 1560. The van der Waals surface area contributed by atoms with Crippen LogP contribution in [0.4, 0.5) is 27.1 Å². The first-order valence-electron chi connectivity index (χ1n) is 11.3. The van der Waals surface area contributed by atoms with Crippen molar-refractivity contribution in [1.82, 2.24) is 0 Å². The van der Waals surface area contributed by atoms with Crippen LogP contribution < -0.4 is 13.3 Å². The zero-order valence-corrected chi connectivity index (χ0v) is 22.2. The van der Waals surface area contributed by atoms with Crippen LogP contribution >= 0.6 is 0 Å². The second-order valence-corrected chi connectivity index (χ2v) is 9.99. The number of hydrogen-bond acceptors (Lipinski definition) is 6. The first-order valence-corrected chi connectivity index (χ1v) is 13.4. The third kappa shape index (κ3) is 6.32. The van der Waals surface area contributed by atoms with E-state index in [1.54, 1.807) is 36.4 Å². The largest absolute Gasteiger partial charge is 0.755 e. The van der Waals surface area contributed by atoms with Crippen LogP contribution in [-0.2, 0) is 22.5 Å². The highest BCUT2D eigenvalue weighted by Crippen LogP contribution is 2.40. The number of aromatic carboxylic acids is 1. The van der Waals surface area contributed by atoms with E-state index in [-0.39, 0.29) is 34.2 Å². The fraction of sp³-hybridized carbons (Fsp3) is 0.0741. The number of aryl methyl sites for hydroxylation is 2. The average molecular weight is 569 g/mol. The Morgan fingerprint density at radius 2 is 1.26 bits per heavy atom. The van der Waals surface area contributed by atoms with Gasteiger partial charge in [-0.1, -0.05) is 35.4 Å². The molecule has 0 saturated carbocycles. The molecule has 12 heteroatoms. The molecule has 0 aliphatic heterocycles. The Balaban J connectivity index is 1.78. The van der Waals surface area contributed by atoms with E-state index in [9.17, 15) is 31.8 Å². The first kappa shape index (κ1) is 27.9. The average Bonchev–Trinajstić information content (AvgIpc) is 2.88. The van der Waals surface area contributed by atoms with Gasteiger partial charge in [-0.2, -0.15) is 0 Å². The van der Waals surface area contributed by atoms with E-state index in [0.29, 0.717) is 0 Å². The molecule has 0 amide bonds. The lowest BCUT2D eigenvalue weighted by molar-refractivity contribution is 0.0697. The molecule has 1 N–H and O–H groups in total. The standard InChI is InChI=1S/C27H23FN2O7S2/c1-17-3-8-20(9-4-17)29(38(33)34)24-14-12-22(16-23(24)27(31)32)37-26-15-19(28)7-13-25(26)30(39(35)36)21-10-5-18(2)6-11-21/h3-16H,1-2H3,(H,31,32)(H,33,34)(H,35,36)/p-2. The number of anilines is 4. The van der Waals surface area contributed by atoms with Crippen LogP contribution in [0.25, 0.3) is 0 Å². The van der Waals surface area contributed by atoms with Gasteiger partial charge in [0.1, 0.15) is 11.6 Å². The number of ether oxygens (including phenoxy) is 1. The second kappa shape index (κ2) is 11.7. The topological polar surface area (TPSA) is 133 Å². The van der Waals surface area contributed by atoms with Crippen LogP contribution in [0.15, 0.2) is 84.9 Å². The summed E-state index contributed by atoms with van der Waals surface area (Å²) < 4.78 is 70.3. The van der Waals surface area contributed by atoms with Crippen LogP contribution in [0.2, 0.25) is 0 Å². The molecule has 202 valence electrons. The maximum absolute atomic E-state index is 14.2. The van der Waals surface area contributed by atoms with Crippen molar-refractivity contribution in [3.05, 3.63) is 107 Å². The van der Waals surface area contributed by atoms with Crippen LogP contribution in [-0.4, -0.2) is 28.6 Å². The molecule has 39 heavy (non-hydrogen) atoms. The number of carboxylic acid groups (broad SMARTS) is 1. The predicted octanol–water partition coefficient (Wildman–Crippen LogP) is 5.80. The summed E-state index contributed by atoms with van der Waals surface area (Å²) in [5, 5.41) is 9.88. The highest BCUT2D eigenvalue weighted by atomic mass is 32.2. The minimum atomic E-state index is -2.87. The first-order chi connectivity index (χ1) is 18.5. The molecule has 0 aliphatic rings. The molecular formula is C27H21FN2O7S2-2. The lowest BCUT2D eigenvalue weighted by Gasteiger charge is -2.29. The molecule has 0 fully saturated rings. The molecule has 9 nitrogen and oxygen atoms in total. The summed E-state index contributed by atoms with van der Waals surface area (Å²) in [5.74, 6) is -2.48. The van der Waals surface area contributed by atoms with Gasteiger partial charge in [-0.15, -0.1) is 0 Å². The zero-order valence-electron chi connectivity index (χ0n) is 20.6. The maximum Gasteiger partial charge on any atom is 0.337 e. The third-order valence-corrected chi connectivity index (χ3v) is 7.03. The van der Waals surface area contributed by atoms with E-state index in [1.165, 1.54) is 30.3 Å². The van der Waals surface area contributed by atoms with Gasteiger partial charge in [0.25, 0.3) is 0 Å². The van der Waals surface area contributed by atoms with E-state index < -0.39 is 39.9 Å². The number of carboxylic acids is 1. The van der Waals surface area contributed by atoms with E-state index >= 15 is 0 Å². The number of nitrogens with zero attached hydrogens (tertiary/aromatic N) is 2. The minimum absolute atomic E-state index is 0.0310. The van der Waals surface area contributed by atoms with Crippen molar-refractivity contribution < 1.29 is 36.6 Å². The number of benzene rings is 4.